The molecule has 0 radical (unpaired) electrons. The van der Waals surface area contributed by atoms with E-state index in [1.54, 1.807) is 32.9 Å². The normalized spacial score (nSPS) is 12.4. The lowest BCUT2D eigenvalue weighted by Crippen LogP contribution is -2.31. The molecule has 0 spiro atoms. The number of benzene rings is 2. The SMILES string of the molecule is CCN(CC)S(=O)(=O)c1cc(NC(=O)C(N)c2ccc(C)cc2)ccc1C.Cl. The smallest absolute Gasteiger partial charge is 0.245 e. The summed E-state index contributed by atoms with van der Waals surface area (Å²) in [5, 5.41) is 2.72. The van der Waals surface area contributed by atoms with Crippen molar-refractivity contribution in [3.8, 4) is 0 Å². The van der Waals surface area contributed by atoms with E-state index in [0.29, 0.717) is 29.9 Å². The Morgan fingerprint density at radius 1 is 1.07 bits per heavy atom. The molecular formula is C20H28ClN3O3S. The summed E-state index contributed by atoms with van der Waals surface area (Å²) in [7, 11) is -3.62. The van der Waals surface area contributed by atoms with Crippen LogP contribution in [-0.2, 0) is 14.8 Å². The fourth-order valence-electron chi connectivity index (χ4n) is 2.80. The van der Waals surface area contributed by atoms with Crippen LogP contribution in [0.5, 0.6) is 0 Å². The number of carbonyl (C=O) groups excluding carboxylic acids is 1. The number of aryl methyl sites for hydroxylation is 2. The lowest BCUT2D eigenvalue weighted by Gasteiger charge is -2.20. The van der Waals surface area contributed by atoms with E-state index in [0.717, 1.165) is 5.56 Å². The van der Waals surface area contributed by atoms with E-state index in [-0.39, 0.29) is 17.3 Å². The number of hydrogen-bond donors (Lipinski definition) is 2. The van der Waals surface area contributed by atoms with Crippen molar-refractivity contribution in [2.45, 2.75) is 38.6 Å². The van der Waals surface area contributed by atoms with Crippen LogP contribution in [0.1, 0.15) is 36.6 Å². The molecule has 0 aliphatic carbocycles. The maximum absolute atomic E-state index is 12.8. The van der Waals surface area contributed by atoms with E-state index in [4.69, 9.17) is 5.73 Å². The summed E-state index contributed by atoms with van der Waals surface area (Å²) in [5.41, 5.74) is 8.85. The molecule has 0 bridgehead atoms. The van der Waals surface area contributed by atoms with Crippen LogP contribution in [0.2, 0.25) is 0 Å². The zero-order valence-electron chi connectivity index (χ0n) is 16.6. The molecule has 0 saturated carbocycles. The van der Waals surface area contributed by atoms with Crippen molar-refractivity contribution in [2.75, 3.05) is 18.4 Å². The number of nitrogens with zero attached hydrogens (tertiary/aromatic N) is 1. The van der Waals surface area contributed by atoms with Gasteiger partial charge in [0.1, 0.15) is 6.04 Å². The molecule has 8 heteroatoms. The summed E-state index contributed by atoms with van der Waals surface area (Å²) >= 11 is 0. The van der Waals surface area contributed by atoms with Crippen LogP contribution in [0.3, 0.4) is 0 Å². The van der Waals surface area contributed by atoms with Gasteiger partial charge in [-0.3, -0.25) is 4.79 Å². The van der Waals surface area contributed by atoms with Crippen LogP contribution in [-0.4, -0.2) is 31.7 Å². The second-order valence-corrected chi connectivity index (χ2v) is 8.35. The number of halogens is 1. The number of anilines is 1. The van der Waals surface area contributed by atoms with Crippen molar-refractivity contribution in [1.82, 2.24) is 4.31 Å². The van der Waals surface area contributed by atoms with Crippen molar-refractivity contribution in [1.29, 1.82) is 0 Å². The van der Waals surface area contributed by atoms with Gasteiger partial charge in [-0.15, -0.1) is 12.4 Å². The van der Waals surface area contributed by atoms with Gasteiger partial charge in [-0.2, -0.15) is 4.31 Å². The first-order valence-electron chi connectivity index (χ1n) is 8.94. The zero-order chi connectivity index (χ0) is 20.2. The first-order chi connectivity index (χ1) is 12.7. The van der Waals surface area contributed by atoms with Crippen molar-refractivity contribution in [3.05, 3.63) is 59.2 Å². The van der Waals surface area contributed by atoms with Gasteiger partial charge in [0.15, 0.2) is 0 Å². The number of nitrogens with two attached hydrogens (primary N) is 1. The monoisotopic (exact) mass is 425 g/mol. The van der Waals surface area contributed by atoms with E-state index in [2.05, 4.69) is 5.32 Å². The summed E-state index contributed by atoms with van der Waals surface area (Å²) in [6, 6.07) is 11.4. The third-order valence-electron chi connectivity index (χ3n) is 4.50. The zero-order valence-corrected chi connectivity index (χ0v) is 18.2. The third-order valence-corrected chi connectivity index (χ3v) is 6.69. The average Bonchev–Trinajstić information content (AvgIpc) is 2.64. The van der Waals surface area contributed by atoms with E-state index in [9.17, 15) is 13.2 Å². The van der Waals surface area contributed by atoms with Gasteiger partial charge in [-0.1, -0.05) is 49.7 Å². The maximum atomic E-state index is 12.8. The van der Waals surface area contributed by atoms with Crippen LogP contribution >= 0.6 is 12.4 Å². The van der Waals surface area contributed by atoms with Crippen LogP contribution < -0.4 is 11.1 Å². The summed E-state index contributed by atoms with van der Waals surface area (Å²) in [6.07, 6.45) is 0. The molecule has 1 unspecified atom stereocenters. The lowest BCUT2D eigenvalue weighted by molar-refractivity contribution is -0.117. The molecule has 0 saturated heterocycles. The van der Waals surface area contributed by atoms with E-state index < -0.39 is 22.0 Å². The second-order valence-electron chi connectivity index (χ2n) is 6.45. The third kappa shape index (κ3) is 5.32. The minimum Gasteiger partial charge on any atom is -0.324 e. The van der Waals surface area contributed by atoms with E-state index in [1.807, 2.05) is 31.2 Å². The highest BCUT2D eigenvalue weighted by atomic mass is 35.5. The average molecular weight is 426 g/mol. The molecule has 1 atom stereocenters. The minimum absolute atomic E-state index is 0. The number of amides is 1. The highest BCUT2D eigenvalue weighted by Crippen LogP contribution is 2.24. The maximum Gasteiger partial charge on any atom is 0.245 e. The lowest BCUT2D eigenvalue weighted by atomic mass is 10.1. The van der Waals surface area contributed by atoms with Crippen LogP contribution in [0.15, 0.2) is 47.4 Å². The minimum atomic E-state index is -3.62. The van der Waals surface area contributed by atoms with Gasteiger partial charge < -0.3 is 11.1 Å². The van der Waals surface area contributed by atoms with Crippen molar-refractivity contribution in [2.24, 2.45) is 5.73 Å². The molecule has 0 aliphatic heterocycles. The van der Waals surface area contributed by atoms with E-state index in [1.165, 1.54) is 10.4 Å². The molecule has 0 heterocycles. The fourth-order valence-corrected chi connectivity index (χ4v) is 4.51. The molecule has 0 fully saturated rings. The van der Waals surface area contributed by atoms with Gasteiger partial charge in [0.25, 0.3) is 0 Å². The number of nitrogens with one attached hydrogen (secondary N) is 1. The Labute approximate surface area is 173 Å². The number of rotatable bonds is 7. The predicted octanol–water partition coefficient (Wildman–Crippen LogP) is 3.39. The molecule has 0 aliphatic rings. The standard InChI is InChI=1S/C20H27N3O3S.ClH/c1-5-23(6-2)27(25,26)18-13-17(12-9-15(18)4)22-20(24)19(21)16-10-7-14(3)8-11-16;/h7-13,19H,5-6,21H2,1-4H3,(H,22,24);1H. The number of carbonyl (C=O) groups is 1. The molecule has 2 rings (SSSR count). The first-order valence-corrected chi connectivity index (χ1v) is 10.4. The molecule has 2 aromatic carbocycles. The molecule has 154 valence electrons. The van der Waals surface area contributed by atoms with Gasteiger partial charge in [0.2, 0.25) is 15.9 Å². The Balaban J connectivity index is 0.00000392. The van der Waals surface area contributed by atoms with Crippen molar-refractivity contribution < 1.29 is 13.2 Å². The molecule has 0 aromatic heterocycles. The molecule has 6 nitrogen and oxygen atoms in total. The van der Waals surface area contributed by atoms with Gasteiger partial charge >= 0.3 is 0 Å². The Bertz CT molecular complexity index is 911. The van der Waals surface area contributed by atoms with Gasteiger partial charge in [-0.05, 0) is 37.1 Å². The highest BCUT2D eigenvalue weighted by Gasteiger charge is 2.24. The second kappa shape index (κ2) is 10.0. The molecule has 3 N–H and O–H groups in total. The van der Waals surface area contributed by atoms with E-state index >= 15 is 0 Å². The molecule has 1 amide bonds. The van der Waals surface area contributed by atoms with Crippen molar-refractivity contribution in [3.63, 3.8) is 0 Å². The van der Waals surface area contributed by atoms with Gasteiger partial charge in [0, 0.05) is 18.8 Å². The first kappa shape index (κ1) is 24.1. The molecule has 2 aromatic rings. The van der Waals surface area contributed by atoms with Crippen LogP contribution in [0, 0.1) is 13.8 Å². The van der Waals surface area contributed by atoms with Gasteiger partial charge in [-0.25, -0.2) is 8.42 Å². The Kier molecular flexibility index (Phi) is 8.63. The number of sulfonamides is 1. The Morgan fingerprint density at radius 2 is 1.64 bits per heavy atom. The van der Waals surface area contributed by atoms with Crippen molar-refractivity contribution >= 4 is 34.0 Å². The summed E-state index contributed by atoms with van der Waals surface area (Å²) in [5.74, 6) is -0.395. The Hall–Kier alpha value is -1.93. The molecular weight excluding hydrogens is 398 g/mol. The largest absolute Gasteiger partial charge is 0.324 e. The quantitative estimate of drug-likeness (QED) is 0.711. The highest BCUT2D eigenvalue weighted by molar-refractivity contribution is 7.89. The predicted molar refractivity (Wildman–Crippen MR) is 115 cm³/mol. The van der Waals surface area contributed by atoms with Crippen LogP contribution in [0.25, 0.3) is 0 Å². The number of hydrogen-bond acceptors (Lipinski definition) is 4. The fraction of sp³-hybridized carbons (Fsp3) is 0.350. The summed E-state index contributed by atoms with van der Waals surface area (Å²) in [4.78, 5) is 12.7. The topological polar surface area (TPSA) is 92.5 Å². The summed E-state index contributed by atoms with van der Waals surface area (Å²) < 4.78 is 27.0. The van der Waals surface area contributed by atoms with Gasteiger partial charge in [0.05, 0.1) is 4.90 Å². The summed E-state index contributed by atoms with van der Waals surface area (Å²) in [6.45, 7) is 8.05. The molecule has 28 heavy (non-hydrogen) atoms. The Morgan fingerprint density at radius 3 is 2.18 bits per heavy atom. The van der Waals surface area contributed by atoms with Crippen LogP contribution in [0.4, 0.5) is 5.69 Å².